The molecule has 0 atom stereocenters. The maximum absolute atomic E-state index is 11.6. The second-order valence-electron chi connectivity index (χ2n) is 3.65. The molecule has 4 heteroatoms. The molecule has 0 saturated heterocycles. The molecular weight excluding hydrogens is 170 g/mol. The van der Waals surface area contributed by atoms with Crippen LogP contribution in [-0.2, 0) is 14.5 Å². The van der Waals surface area contributed by atoms with Crippen LogP contribution in [0.5, 0.6) is 0 Å². The zero-order valence-corrected chi connectivity index (χ0v) is 9.09. The quantitative estimate of drug-likeness (QED) is 0.632. The van der Waals surface area contributed by atoms with Gasteiger partial charge in [-0.3, -0.25) is 4.79 Å². The topological polar surface area (TPSA) is 38.8 Å². The molecular formula is C9H19NO3. The monoisotopic (exact) mass is 189 g/mol. The minimum Gasteiger partial charge on any atom is -0.269 e. The van der Waals surface area contributed by atoms with E-state index in [0.29, 0.717) is 13.2 Å². The smallest absolute Gasteiger partial charge is 0.269 e. The van der Waals surface area contributed by atoms with Crippen LogP contribution >= 0.6 is 0 Å². The minimum absolute atomic E-state index is 0.170. The summed E-state index contributed by atoms with van der Waals surface area (Å²) in [6.45, 7) is 9.91. The van der Waals surface area contributed by atoms with Crippen molar-refractivity contribution in [1.82, 2.24) is 5.23 Å². The fourth-order valence-electron chi connectivity index (χ4n) is 0.663. The van der Waals surface area contributed by atoms with E-state index >= 15 is 0 Å². The number of carbonyl (C=O) groups excluding carboxylic acids is 1. The van der Waals surface area contributed by atoms with Crippen LogP contribution in [-0.4, -0.2) is 24.3 Å². The molecule has 0 aromatic carbocycles. The van der Waals surface area contributed by atoms with Crippen molar-refractivity contribution >= 4 is 5.91 Å². The normalized spacial score (nSPS) is 11.5. The number of hydrogen-bond donors (Lipinski definition) is 0. The Labute approximate surface area is 79.7 Å². The van der Waals surface area contributed by atoms with Crippen molar-refractivity contribution in [2.24, 2.45) is 5.41 Å². The van der Waals surface area contributed by atoms with Crippen LogP contribution in [0.15, 0.2) is 0 Å². The number of amides is 1. The van der Waals surface area contributed by atoms with Crippen LogP contribution in [0.25, 0.3) is 0 Å². The molecule has 0 bridgehead atoms. The van der Waals surface area contributed by atoms with E-state index in [9.17, 15) is 4.79 Å². The van der Waals surface area contributed by atoms with E-state index < -0.39 is 5.41 Å². The fourth-order valence-corrected chi connectivity index (χ4v) is 0.663. The maximum atomic E-state index is 11.6. The zero-order valence-electron chi connectivity index (χ0n) is 9.09. The largest absolute Gasteiger partial charge is 0.278 e. The Bertz CT molecular complexity index is 157. The molecule has 0 aliphatic heterocycles. The standard InChI is InChI=1S/C9H19NO3/c1-6-12-10(13-7-2)8(11)9(3,4)5/h6-7H2,1-5H3. The fraction of sp³-hybridized carbons (Fsp3) is 0.889. The van der Waals surface area contributed by atoms with Gasteiger partial charge in [-0.25, -0.2) is 9.68 Å². The molecule has 0 fully saturated rings. The number of rotatable bonds is 4. The van der Waals surface area contributed by atoms with Crippen molar-refractivity contribution in [3.8, 4) is 0 Å². The summed E-state index contributed by atoms with van der Waals surface area (Å²) in [4.78, 5) is 21.7. The van der Waals surface area contributed by atoms with Crippen LogP contribution in [0.1, 0.15) is 34.6 Å². The summed E-state index contributed by atoms with van der Waals surface area (Å²) < 4.78 is 0. The van der Waals surface area contributed by atoms with E-state index in [2.05, 4.69) is 0 Å². The first-order chi connectivity index (χ1) is 5.93. The Morgan fingerprint density at radius 3 is 1.77 bits per heavy atom. The second kappa shape index (κ2) is 5.19. The first-order valence-corrected chi connectivity index (χ1v) is 4.53. The van der Waals surface area contributed by atoms with E-state index in [1.807, 2.05) is 34.6 Å². The molecule has 0 heterocycles. The highest BCUT2D eigenvalue weighted by atomic mass is 17.0. The Balaban J connectivity index is 4.27. The Morgan fingerprint density at radius 1 is 1.15 bits per heavy atom. The third-order valence-corrected chi connectivity index (χ3v) is 1.30. The van der Waals surface area contributed by atoms with Gasteiger partial charge in [-0.1, -0.05) is 26.0 Å². The zero-order chi connectivity index (χ0) is 10.5. The molecule has 0 N–H and O–H groups in total. The Morgan fingerprint density at radius 2 is 1.54 bits per heavy atom. The van der Waals surface area contributed by atoms with Gasteiger partial charge in [0.05, 0.1) is 13.2 Å². The van der Waals surface area contributed by atoms with Crippen LogP contribution in [0.4, 0.5) is 0 Å². The Kier molecular flexibility index (Phi) is 4.95. The van der Waals surface area contributed by atoms with Crippen molar-refractivity contribution in [1.29, 1.82) is 0 Å². The molecule has 0 aromatic rings. The van der Waals surface area contributed by atoms with Crippen LogP contribution < -0.4 is 0 Å². The maximum Gasteiger partial charge on any atom is 0.278 e. The minimum atomic E-state index is -0.482. The van der Waals surface area contributed by atoms with E-state index in [0.717, 1.165) is 5.23 Å². The molecule has 78 valence electrons. The summed E-state index contributed by atoms with van der Waals surface area (Å²) in [6.07, 6.45) is 0. The molecule has 4 nitrogen and oxygen atoms in total. The third kappa shape index (κ3) is 4.24. The van der Waals surface area contributed by atoms with Crippen molar-refractivity contribution in [2.75, 3.05) is 13.2 Å². The Hall–Kier alpha value is -0.610. The lowest BCUT2D eigenvalue weighted by molar-refractivity contribution is -0.342. The first kappa shape index (κ1) is 12.4. The van der Waals surface area contributed by atoms with Gasteiger partial charge >= 0.3 is 0 Å². The number of carbonyl (C=O) groups is 1. The van der Waals surface area contributed by atoms with Crippen molar-refractivity contribution in [3.05, 3.63) is 0 Å². The second-order valence-corrected chi connectivity index (χ2v) is 3.65. The molecule has 0 spiro atoms. The van der Waals surface area contributed by atoms with Gasteiger partial charge in [0, 0.05) is 5.41 Å². The summed E-state index contributed by atoms with van der Waals surface area (Å²) in [5, 5.41) is 0.972. The SMILES string of the molecule is CCON(OCC)C(=O)C(C)(C)C. The third-order valence-electron chi connectivity index (χ3n) is 1.30. The van der Waals surface area contributed by atoms with Gasteiger partial charge < -0.3 is 0 Å². The highest BCUT2D eigenvalue weighted by Gasteiger charge is 2.28. The molecule has 0 unspecified atom stereocenters. The number of nitrogens with zero attached hydrogens (tertiary/aromatic N) is 1. The first-order valence-electron chi connectivity index (χ1n) is 4.53. The van der Waals surface area contributed by atoms with Gasteiger partial charge in [0.2, 0.25) is 0 Å². The van der Waals surface area contributed by atoms with Crippen LogP contribution in [0, 0.1) is 5.41 Å². The summed E-state index contributed by atoms with van der Waals surface area (Å²) in [7, 11) is 0. The lowest BCUT2D eigenvalue weighted by atomic mass is 9.96. The van der Waals surface area contributed by atoms with Gasteiger partial charge in [-0.15, -0.1) is 0 Å². The van der Waals surface area contributed by atoms with Crippen LogP contribution in [0.3, 0.4) is 0 Å². The van der Waals surface area contributed by atoms with Crippen LogP contribution in [0.2, 0.25) is 0 Å². The molecule has 0 saturated carbocycles. The number of hydroxylamine groups is 2. The predicted octanol–water partition coefficient (Wildman–Crippen LogP) is 1.76. The van der Waals surface area contributed by atoms with E-state index in [1.165, 1.54) is 0 Å². The highest BCUT2D eigenvalue weighted by Crippen LogP contribution is 2.17. The van der Waals surface area contributed by atoms with Gasteiger partial charge in [0.1, 0.15) is 0 Å². The average molecular weight is 189 g/mol. The number of hydrogen-bond acceptors (Lipinski definition) is 3. The predicted molar refractivity (Wildman–Crippen MR) is 49.6 cm³/mol. The molecule has 0 rings (SSSR count). The van der Waals surface area contributed by atoms with Gasteiger partial charge in [0.25, 0.3) is 5.91 Å². The summed E-state index contributed by atoms with van der Waals surface area (Å²) in [5.74, 6) is -0.170. The van der Waals surface area contributed by atoms with Gasteiger partial charge in [0.15, 0.2) is 0 Å². The van der Waals surface area contributed by atoms with E-state index in [1.54, 1.807) is 0 Å². The van der Waals surface area contributed by atoms with E-state index in [-0.39, 0.29) is 5.91 Å². The highest BCUT2D eigenvalue weighted by molar-refractivity contribution is 5.79. The van der Waals surface area contributed by atoms with Gasteiger partial charge in [-0.2, -0.15) is 0 Å². The molecule has 1 amide bonds. The lowest BCUT2D eigenvalue weighted by Crippen LogP contribution is -2.39. The van der Waals surface area contributed by atoms with Crippen molar-refractivity contribution in [3.63, 3.8) is 0 Å². The molecule has 0 aromatic heterocycles. The molecule has 13 heavy (non-hydrogen) atoms. The average Bonchev–Trinajstić information content (AvgIpc) is 2.01. The molecule has 0 aliphatic carbocycles. The summed E-state index contributed by atoms with van der Waals surface area (Å²) in [5.41, 5.74) is -0.482. The molecule has 0 radical (unpaired) electrons. The lowest BCUT2D eigenvalue weighted by Gasteiger charge is -2.26. The molecule has 0 aliphatic rings. The van der Waals surface area contributed by atoms with Crippen molar-refractivity contribution in [2.45, 2.75) is 34.6 Å². The summed E-state index contributed by atoms with van der Waals surface area (Å²) >= 11 is 0. The van der Waals surface area contributed by atoms with Gasteiger partial charge in [-0.05, 0) is 13.8 Å². The van der Waals surface area contributed by atoms with E-state index in [4.69, 9.17) is 9.68 Å². The van der Waals surface area contributed by atoms with Crippen molar-refractivity contribution < 1.29 is 14.5 Å². The summed E-state index contributed by atoms with van der Waals surface area (Å²) in [6, 6.07) is 0.